The monoisotopic (exact) mass is 415 g/mol. The van der Waals surface area contributed by atoms with Crippen LogP contribution in [0, 0.1) is 17.3 Å². The molecule has 0 aromatic heterocycles. The summed E-state index contributed by atoms with van der Waals surface area (Å²) in [6.07, 6.45) is 1.27. The fourth-order valence-corrected chi connectivity index (χ4v) is 6.75. The Balaban J connectivity index is 0.000000203. The Bertz CT molecular complexity index is 597. The van der Waals surface area contributed by atoms with Gasteiger partial charge in [-0.15, -0.1) is 0 Å². The molecule has 0 saturated carbocycles. The van der Waals surface area contributed by atoms with Gasteiger partial charge in [-0.05, 0) is 46.0 Å². The number of hydrogen-bond donors (Lipinski definition) is 0. The Kier molecular flexibility index (Phi) is 8.40. The summed E-state index contributed by atoms with van der Waals surface area (Å²) in [5.41, 5.74) is 0.518. The van der Waals surface area contributed by atoms with E-state index >= 15 is 0 Å². The van der Waals surface area contributed by atoms with Crippen LogP contribution in [0.25, 0.3) is 0 Å². The van der Waals surface area contributed by atoms with Crippen molar-refractivity contribution < 1.29 is 8.95 Å². The Hall–Kier alpha value is -0.170. The number of ether oxygens (including phenoxy) is 1. The Morgan fingerprint density at radius 1 is 1.07 bits per heavy atom. The lowest BCUT2D eigenvalue weighted by atomic mass is 9.63. The summed E-state index contributed by atoms with van der Waals surface area (Å²) >= 11 is 0. The molecule has 3 heterocycles. The lowest BCUT2D eigenvalue weighted by Gasteiger charge is -2.56. The van der Waals surface area contributed by atoms with Gasteiger partial charge in [0.05, 0.1) is 28.2 Å². The molecule has 28 heavy (non-hydrogen) atoms. The van der Waals surface area contributed by atoms with Crippen LogP contribution >= 0.6 is 0 Å². The number of rotatable bonds is 3. The molecule has 0 aromatic carbocycles. The predicted octanol–water partition coefficient (Wildman–Crippen LogP) is 3.59. The molecular formula is C22H45N3O2S. The van der Waals surface area contributed by atoms with Crippen molar-refractivity contribution in [1.82, 2.24) is 9.80 Å². The molecule has 0 bridgehead atoms. The van der Waals surface area contributed by atoms with E-state index < -0.39 is 9.73 Å². The van der Waals surface area contributed by atoms with Gasteiger partial charge in [0.25, 0.3) is 0 Å². The summed E-state index contributed by atoms with van der Waals surface area (Å²) in [4.78, 5) is 5.04. The zero-order chi connectivity index (χ0) is 21.1. The van der Waals surface area contributed by atoms with E-state index in [0.29, 0.717) is 11.5 Å². The molecule has 5 unspecified atom stereocenters. The predicted molar refractivity (Wildman–Crippen MR) is 120 cm³/mol. The second-order valence-corrected chi connectivity index (χ2v) is 12.7. The van der Waals surface area contributed by atoms with Crippen LogP contribution in [0.2, 0.25) is 0 Å². The maximum atomic E-state index is 12.1. The Morgan fingerprint density at radius 2 is 1.64 bits per heavy atom. The van der Waals surface area contributed by atoms with Crippen molar-refractivity contribution in [2.75, 3.05) is 52.2 Å². The first-order valence-corrected chi connectivity index (χ1v) is 13.0. The van der Waals surface area contributed by atoms with Gasteiger partial charge in [0, 0.05) is 56.5 Å². The molecule has 6 heteroatoms. The minimum absolute atomic E-state index is 0.216. The van der Waals surface area contributed by atoms with Gasteiger partial charge in [0.1, 0.15) is 0 Å². The highest BCUT2D eigenvalue weighted by Gasteiger charge is 2.51. The summed E-state index contributed by atoms with van der Waals surface area (Å²) in [7, 11) is -0.206. The smallest absolute Gasteiger partial charge is 0.0550 e. The van der Waals surface area contributed by atoms with Crippen LogP contribution in [0.5, 0.6) is 0 Å². The maximum absolute atomic E-state index is 12.1. The number of likely N-dealkylation sites (tertiary alicyclic amines) is 1. The zero-order valence-corrected chi connectivity index (χ0v) is 20.4. The van der Waals surface area contributed by atoms with E-state index in [1.54, 1.807) is 7.05 Å². The van der Waals surface area contributed by atoms with E-state index in [1.165, 1.54) is 19.5 Å². The molecule has 0 aromatic rings. The summed E-state index contributed by atoms with van der Waals surface area (Å²) in [6.45, 7) is 22.3. The molecule has 0 N–H and O–H groups in total. The molecule has 0 radical (unpaired) electrons. The Labute approximate surface area is 174 Å². The molecule has 3 aliphatic rings. The van der Waals surface area contributed by atoms with Gasteiger partial charge in [0.15, 0.2) is 0 Å². The molecule has 0 aliphatic carbocycles. The molecule has 166 valence electrons. The van der Waals surface area contributed by atoms with Gasteiger partial charge in [-0.1, -0.05) is 20.8 Å². The summed E-state index contributed by atoms with van der Waals surface area (Å²) < 4.78 is 21.6. The SMILES string of the molecule is CCC(C)N1CC(C)C2(COC2)C(C)C1.CN=S1(=O)CCN(C(C)C)CC1C. The molecule has 3 aliphatic heterocycles. The highest BCUT2D eigenvalue weighted by atomic mass is 32.2. The van der Waals surface area contributed by atoms with Crippen LogP contribution in [0.15, 0.2) is 4.36 Å². The first kappa shape index (κ1) is 24.1. The fraction of sp³-hybridized carbons (Fsp3) is 1.00. The van der Waals surface area contributed by atoms with E-state index in [1.807, 2.05) is 6.92 Å². The molecule has 5 atom stereocenters. The highest BCUT2D eigenvalue weighted by Crippen LogP contribution is 2.46. The zero-order valence-electron chi connectivity index (χ0n) is 19.6. The third kappa shape index (κ3) is 4.93. The van der Waals surface area contributed by atoms with Crippen LogP contribution in [-0.2, 0) is 14.5 Å². The third-order valence-corrected chi connectivity index (χ3v) is 10.6. The molecule has 3 fully saturated rings. The summed E-state index contributed by atoms with van der Waals surface area (Å²) in [5.74, 6) is 2.33. The van der Waals surface area contributed by atoms with Crippen molar-refractivity contribution in [2.45, 2.75) is 72.2 Å². The molecule has 3 saturated heterocycles. The minimum atomic E-state index is -1.89. The van der Waals surface area contributed by atoms with Crippen molar-refractivity contribution in [3.8, 4) is 0 Å². The van der Waals surface area contributed by atoms with Crippen molar-refractivity contribution in [2.24, 2.45) is 21.6 Å². The van der Waals surface area contributed by atoms with Crippen molar-refractivity contribution in [3.63, 3.8) is 0 Å². The average Bonchev–Trinajstić information content (AvgIpc) is 2.62. The summed E-state index contributed by atoms with van der Waals surface area (Å²) in [6, 6.07) is 1.30. The lowest BCUT2D eigenvalue weighted by molar-refractivity contribution is -0.198. The normalized spacial score (nSPS) is 37.1. The van der Waals surface area contributed by atoms with E-state index in [0.717, 1.165) is 49.9 Å². The van der Waals surface area contributed by atoms with Crippen molar-refractivity contribution in [3.05, 3.63) is 0 Å². The van der Waals surface area contributed by atoms with E-state index in [9.17, 15) is 4.21 Å². The molecule has 3 rings (SSSR count). The van der Waals surface area contributed by atoms with E-state index in [4.69, 9.17) is 4.74 Å². The van der Waals surface area contributed by atoms with E-state index in [-0.39, 0.29) is 5.25 Å². The van der Waals surface area contributed by atoms with Crippen LogP contribution in [-0.4, -0.2) is 83.5 Å². The lowest BCUT2D eigenvalue weighted by Crippen LogP contribution is -2.62. The second kappa shape index (κ2) is 9.76. The van der Waals surface area contributed by atoms with Crippen molar-refractivity contribution >= 4 is 9.73 Å². The number of nitrogens with zero attached hydrogens (tertiary/aromatic N) is 3. The molecule has 5 nitrogen and oxygen atoms in total. The van der Waals surface area contributed by atoms with Crippen LogP contribution in [0.4, 0.5) is 0 Å². The number of piperidine rings is 1. The Morgan fingerprint density at radius 3 is 2.00 bits per heavy atom. The van der Waals surface area contributed by atoms with Crippen molar-refractivity contribution in [1.29, 1.82) is 0 Å². The number of hydrogen-bond acceptors (Lipinski definition) is 5. The van der Waals surface area contributed by atoms with Gasteiger partial charge < -0.3 is 9.64 Å². The van der Waals surface area contributed by atoms with Gasteiger partial charge >= 0.3 is 0 Å². The second-order valence-electron chi connectivity index (χ2n) is 9.72. The van der Waals surface area contributed by atoms with Crippen LogP contribution in [0.3, 0.4) is 0 Å². The van der Waals surface area contributed by atoms with Gasteiger partial charge in [0.2, 0.25) is 0 Å². The fourth-order valence-electron chi connectivity index (χ4n) is 4.88. The molecule has 0 amide bonds. The van der Waals surface area contributed by atoms with Gasteiger partial charge in [-0.3, -0.25) is 4.90 Å². The molecule has 1 spiro atoms. The topological polar surface area (TPSA) is 45.1 Å². The first-order chi connectivity index (χ1) is 13.1. The largest absolute Gasteiger partial charge is 0.380 e. The first-order valence-electron chi connectivity index (χ1n) is 11.3. The highest BCUT2D eigenvalue weighted by molar-refractivity contribution is 7.94. The van der Waals surface area contributed by atoms with E-state index in [2.05, 4.69) is 55.7 Å². The van der Waals surface area contributed by atoms with Gasteiger partial charge in [-0.25, -0.2) is 8.57 Å². The maximum Gasteiger partial charge on any atom is 0.0550 e. The third-order valence-electron chi connectivity index (χ3n) is 7.77. The minimum Gasteiger partial charge on any atom is -0.380 e. The van der Waals surface area contributed by atoms with Crippen LogP contribution < -0.4 is 0 Å². The molecular weight excluding hydrogens is 370 g/mol. The quantitative estimate of drug-likeness (QED) is 0.707. The van der Waals surface area contributed by atoms with Gasteiger partial charge in [-0.2, -0.15) is 0 Å². The summed E-state index contributed by atoms with van der Waals surface area (Å²) in [5, 5.41) is 0.216. The standard InChI is InChI=1S/C13H25NO.C9H20N2OS/c1-5-12(4)14-6-10(2)13(8-15-9-13)11(3)7-14;1-8(2)11-5-6-13(12,10-4)9(3)7-11/h10-12H,5-9H2,1-4H3;8-9H,5-7H2,1-4H3. The average molecular weight is 416 g/mol. The van der Waals surface area contributed by atoms with Crippen LogP contribution in [0.1, 0.15) is 54.9 Å².